The summed E-state index contributed by atoms with van der Waals surface area (Å²) < 4.78 is 5.32. The Morgan fingerprint density at radius 2 is 2.05 bits per heavy atom. The largest absolute Gasteiger partial charge is 0.496 e. The van der Waals surface area contributed by atoms with Crippen LogP contribution in [0.2, 0.25) is 5.02 Å². The molecule has 0 atom stereocenters. The third-order valence-electron chi connectivity index (χ3n) is 3.21. The lowest BCUT2D eigenvalue weighted by molar-refractivity contribution is 0.416. The van der Waals surface area contributed by atoms with Crippen LogP contribution in [0.15, 0.2) is 36.7 Å². The van der Waals surface area contributed by atoms with E-state index >= 15 is 0 Å². The molecule has 3 aromatic rings. The number of aromatic amines is 1. The lowest BCUT2D eigenvalue weighted by Gasteiger charge is -2.07. The van der Waals surface area contributed by atoms with Gasteiger partial charge in [-0.15, -0.1) is 0 Å². The number of benzene rings is 1. The number of nitrogen functional groups attached to an aromatic ring is 1. The van der Waals surface area contributed by atoms with Crippen molar-refractivity contribution >= 4 is 17.3 Å². The van der Waals surface area contributed by atoms with Gasteiger partial charge in [0, 0.05) is 24.9 Å². The number of hydrogen-bond donors (Lipinski definition) is 2. The van der Waals surface area contributed by atoms with E-state index in [1.165, 1.54) is 0 Å². The summed E-state index contributed by atoms with van der Waals surface area (Å²) in [6, 6.07) is 7.23. The number of nitrogens with two attached hydrogens (primary N) is 1. The van der Waals surface area contributed by atoms with Gasteiger partial charge in [-0.05, 0) is 23.8 Å². The summed E-state index contributed by atoms with van der Waals surface area (Å²) in [4.78, 5) is 8.48. The number of hydrogen-bond acceptors (Lipinski definition) is 5. The van der Waals surface area contributed by atoms with Crippen molar-refractivity contribution in [3.8, 4) is 17.1 Å². The molecule has 0 spiro atoms. The minimum atomic E-state index is 0.441. The van der Waals surface area contributed by atoms with E-state index in [2.05, 4.69) is 20.2 Å². The normalized spacial score (nSPS) is 10.6. The topological polar surface area (TPSA) is 89.7 Å². The Bertz CT molecular complexity index is 788. The summed E-state index contributed by atoms with van der Waals surface area (Å²) in [6.07, 6.45) is 4.13. The first kappa shape index (κ1) is 14.3. The van der Waals surface area contributed by atoms with Crippen molar-refractivity contribution in [2.45, 2.75) is 6.42 Å². The van der Waals surface area contributed by atoms with E-state index in [0.717, 1.165) is 11.4 Å². The van der Waals surface area contributed by atoms with Crippen LogP contribution in [0, 0.1) is 0 Å². The molecule has 0 saturated heterocycles. The Kier molecular flexibility index (Phi) is 3.93. The molecule has 7 heteroatoms. The zero-order valence-electron chi connectivity index (χ0n) is 11.9. The van der Waals surface area contributed by atoms with Crippen LogP contribution in [0.4, 0.5) is 5.69 Å². The number of anilines is 1. The van der Waals surface area contributed by atoms with E-state index < -0.39 is 0 Å². The molecule has 0 saturated carbocycles. The van der Waals surface area contributed by atoms with Gasteiger partial charge in [0.25, 0.3) is 0 Å². The van der Waals surface area contributed by atoms with Crippen LogP contribution >= 0.6 is 11.6 Å². The molecule has 6 nitrogen and oxygen atoms in total. The highest BCUT2D eigenvalue weighted by atomic mass is 35.5. The zero-order valence-corrected chi connectivity index (χ0v) is 12.6. The number of ether oxygens (including phenoxy) is 1. The Balaban J connectivity index is 1.92. The van der Waals surface area contributed by atoms with E-state index in [1.807, 2.05) is 12.1 Å². The van der Waals surface area contributed by atoms with Crippen molar-refractivity contribution in [1.29, 1.82) is 0 Å². The Hall–Kier alpha value is -2.60. The van der Waals surface area contributed by atoms with Gasteiger partial charge in [0.2, 0.25) is 0 Å². The first-order chi connectivity index (χ1) is 10.7. The molecular formula is C15H14ClN5O. The Morgan fingerprint density at radius 3 is 2.77 bits per heavy atom. The average molecular weight is 316 g/mol. The minimum Gasteiger partial charge on any atom is -0.496 e. The molecule has 0 aliphatic heterocycles. The fraction of sp³-hybridized carbons (Fsp3) is 0.133. The number of H-pyrrole nitrogens is 1. The summed E-state index contributed by atoms with van der Waals surface area (Å²) in [5.74, 6) is 1.84. The lowest BCUT2D eigenvalue weighted by atomic mass is 10.1. The smallest absolute Gasteiger partial charge is 0.184 e. The summed E-state index contributed by atoms with van der Waals surface area (Å²) in [6.45, 7) is 0. The second-order valence-corrected chi connectivity index (χ2v) is 5.12. The summed E-state index contributed by atoms with van der Waals surface area (Å²) >= 11 is 6.08. The van der Waals surface area contributed by atoms with Crippen molar-refractivity contribution < 1.29 is 4.74 Å². The van der Waals surface area contributed by atoms with E-state index in [1.54, 1.807) is 31.6 Å². The molecule has 0 radical (unpaired) electrons. The van der Waals surface area contributed by atoms with Crippen molar-refractivity contribution in [2.75, 3.05) is 12.8 Å². The summed E-state index contributed by atoms with van der Waals surface area (Å²) in [5.41, 5.74) is 8.03. The van der Waals surface area contributed by atoms with Gasteiger partial charge in [0.05, 0.1) is 23.4 Å². The maximum Gasteiger partial charge on any atom is 0.184 e. The van der Waals surface area contributed by atoms with Crippen molar-refractivity contribution in [3.05, 3.63) is 53.1 Å². The van der Waals surface area contributed by atoms with Gasteiger partial charge in [0.15, 0.2) is 5.82 Å². The summed E-state index contributed by atoms with van der Waals surface area (Å²) in [5, 5.41) is 7.60. The molecule has 1 aromatic carbocycles. The second kappa shape index (κ2) is 6.03. The molecule has 0 aliphatic rings. The predicted octanol–water partition coefficient (Wildman–Crippen LogP) is 2.70. The number of methoxy groups -OCH3 is 1. The SMILES string of the molecule is COc1cc(N)c(Cl)cc1-c1n[nH]c(Cc2ccncc2)n1. The third kappa shape index (κ3) is 2.87. The maximum absolute atomic E-state index is 6.08. The van der Waals surface area contributed by atoms with Crippen LogP contribution in [0.3, 0.4) is 0 Å². The highest BCUT2D eigenvalue weighted by molar-refractivity contribution is 6.33. The molecular weight excluding hydrogens is 302 g/mol. The first-order valence-electron chi connectivity index (χ1n) is 6.61. The molecule has 112 valence electrons. The zero-order chi connectivity index (χ0) is 15.5. The van der Waals surface area contributed by atoms with Gasteiger partial charge < -0.3 is 10.5 Å². The quantitative estimate of drug-likeness (QED) is 0.722. The van der Waals surface area contributed by atoms with E-state index in [4.69, 9.17) is 22.1 Å². The van der Waals surface area contributed by atoms with E-state index in [0.29, 0.717) is 34.3 Å². The van der Waals surface area contributed by atoms with Crippen LogP contribution in [0.1, 0.15) is 11.4 Å². The number of rotatable bonds is 4. The fourth-order valence-electron chi connectivity index (χ4n) is 2.10. The Labute approximate surface area is 132 Å². The van der Waals surface area contributed by atoms with Crippen molar-refractivity contribution in [3.63, 3.8) is 0 Å². The Morgan fingerprint density at radius 1 is 1.27 bits per heavy atom. The van der Waals surface area contributed by atoms with Gasteiger partial charge >= 0.3 is 0 Å². The first-order valence-corrected chi connectivity index (χ1v) is 6.98. The third-order valence-corrected chi connectivity index (χ3v) is 3.54. The molecule has 0 fully saturated rings. The standard InChI is InChI=1S/C15H14ClN5O/c1-22-13-8-12(17)11(16)7-10(13)15-19-14(20-21-15)6-9-2-4-18-5-3-9/h2-5,7-8H,6,17H2,1H3,(H,19,20,21). The van der Waals surface area contributed by atoms with Crippen LogP contribution in [0.25, 0.3) is 11.4 Å². The lowest BCUT2D eigenvalue weighted by Crippen LogP contribution is -1.94. The fourth-order valence-corrected chi connectivity index (χ4v) is 2.27. The van der Waals surface area contributed by atoms with Gasteiger partial charge in [-0.25, -0.2) is 4.98 Å². The highest BCUT2D eigenvalue weighted by Crippen LogP contribution is 2.34. The maximum atomic E-state index is 6.08. The van der Waals surface area contributed by atoms with Crippen LogP contribution < -0.4 is 10.5 Å². The molecule has 2 aromatic heterocycles. The monoisotopic (exact) mass is 315 g/mol. The van der Waals surface area contributed by atoms with Crippen molar-refractivity contribution in [2.24, 2.45) is 0 Å². The van der Waals surface area contributed by atoms with Gasteiger partial charge in [-0.1, -0.05) is 11.6 Å². The van der Waals surface area contributed by atoms with Crippen molar-refractivity contribution in [1.82, 2.24) is 20.2 Å². The molecule has 0 amide bonds. The van der Waals surface area contributed by atoms with Gasteiger partial charge in [-0.3, -0.25) is 10.1 Å². The number of pyridine rings is 1. The molecule has 0 aliphatic carbocycles. The average Bonchev–Trinajstić information content (AvgIpc) is 2.99. The van der Waals surface area contributed by atoms with Crippen LogP contribution in [-0.2, 0) is 6.42 Å². The number of aromatic nitrogens is 4. The predicted molar refractivity (Wildman–Crippen MR) is 84.8 cm³/mol. The second-order valence-electron chi connectivity index (χ2n) is 4.71. The minimum absolute atomic E-state index is 0.441. The van der Waals surface area contributed by atoms with E-state index in [9.17, 15) is 0 Å². The van der Waals surface area contributed by atoms with Crippen LogP contribution in [-0.4, -0.2) is 27.3 Å². The van der Waals surface area contributed by atoms with Crippen LogP contribution in [0.5, 0.6) is 5.75 Å². The number of nitrogens with one attached hydrogen (secondary N) is 1. The molecule has 3 rings (SSSR count). The number of halogens is 1. The van der Waals surface area contributed by atoms with Gasteiger partial charge in [0.1, 0.15) is 11.6 Å². The van der Waals surface area contributed by atoms with E-state index in [-0.39, 0.29) is 0 Å². The highest BCUT2D eigenvalue weighted by Gasteiger charge is 2.14. The molecule has 22 heavy (non-hydrogen) atoms. The summed E-state index contributed by atoms with van der Waals surface area (Å²) in [7, 11) is 1.57. The molecule has 0 bridgehead atoms. The molecule has 3 N–H and O–H groups in total. The molecule has 0 unspecified atom stereocenters. The van der Waals surface area contributed by atoms with Gasteiger partial charge in [-0.2, -0.15) is 5.10 Å². The number of nitrogens with zero attached hydrogens (tertiary/aromatic N) is 3. The molecule has 2 heterocycles.